The smallest absolute Gasteiger partial charge is 0.309 e. The summed E-state index contributed by atoms with van der Waals surface area (Å²) in [6.45, 7) is 13.4. The molecule has 0 bridgehead atoms. The third-order valence-corrected chi connectivity index (χ3v) is 6.48. The number of carbonyl (C=O) groups is 1. The number of carbonyl (C=O) groups excluding carboxylic acids is 1. The molecule has 0 saturated carbocycles. The largest absolute Gasteiger partial charge is 0.493 e. The van der Waals surface area contributed by atoms with Gasteiger partial charge in [-0.25, -0.2) is 0 Å². The molecule has 2 rings (SSSR count). The Hall–Kier alpha value is -2.20. The van der Waals surface area contributed by atoms with Crippen LogP contribution >= 0.6 is 0 Å². The van der Waals surface area contributed by atoms with Crippen molar-refractivity contribution >= 4 is 5.97 Å². The number of cyclic esters (lactones) is 1. The Kier molecular flexibility index (Phi) is 9.70. The number of nitrogens with zero attached hydrogens (tertiary/aromatic N) is 3. The quantitative estimate of drug-likeness (QED) is 0.123. The molecule has 6 heteroatoms. The predicted molar refractivity (Wildman–Crippen MR) is 124 cm³/mol. The van der Waals surface area contributed by atoms with Gasteiger partial charge in [-0.1, -0.05) is 58.3 Å². The summed E-state index contributed by atoms with van der Waals surface area (Å²) in [5.41, 5.74) is 11.5. The van der Waals surface area contributed by atoms with E-state index in [1.54, 1.807) is 0 Å². The summed E-state index contributed by atoms with van der Waals surface area (Å²) >= 11 is 0. The van der Waals surface area contributed by atoms with Gasteiger partial charge in [0.2, 0.25) is 0 Å². The Morgan fingerprint density at radius 1 is 1.29 bits per heavy atom. The number of azide groups is 1. The second kappa shape index (κ2) is 12.0. The number of unbranched alkanes of at least 4 members (excludes halogenated alkanes) is 1. The molecule has 0 unspecified atom stereocenters. The van der Waals surface area contributed by atoms with Crippen LogP contribution < -0.4 is 4.74 Å². The van der Waals surface area contributed by atoms with E-state index in [0.717, 1.165) is 37.2 Å². The lowest BCUT2D eigenvalue weighted by Crippen LogP contribution is -2.29. The molecule has 1 aromatic rings. The number of rotatable bonds is 12. The Morgan fingerprint density at radius 3 is 2.61 bits per heavy atom. The first kappa shape index (κ1) is 25.1. The van der Waals surface area contributed by atoms with Crippen LogP contribution in [0.5, 0.6) is 5.75 Å². The lowest BCUT2D eigenvalue weighted by Gasteiger charge is -2.27. The third-order valence-electron chi connectivity index (χ3n) is 6.48. The van der Waals surface area contributed by atoms with E-state index >= 15 is 0 Å². The number of aryl methyl sites for hydroxylation is 1. The van der Waals surface area contributed by atoms with Crippen LogP contribution in [-0.2, 0) is 16.0 Å². The highest BCUT2D eigenvalue weighted by Gasteiger charge is 2.40. The highest BCUT2D eigenvalue weighted by Crippen LogP contribution is 2.34. The molecule has 172 valence electrons. The predicted octanol–water partition coefficient (Wildman–Crippen LogP) is 6.65. The first-order valence-electron chi connectivity index (χ1n) is 11.7. The van der Waals surface area contributed by atoms with Crippen molar-refractivity contribution in [2.45, 2.75) is 85.8 Å². The Morgan fingerprint density at radius 2 is 2.03 bits per heavy atom. The third kappa shape index (κ3) is 7.17. The molecule has 1 saturated heterocycles. The molecule has 6 nitrogen and oxygen atoms in total. The number of ether oxygens (including phenoxy) is 2. The summed E-state index contributed by atoms with van der Waals surface area (Å²) in [7, 11) is 0. The van der Waals surface area contributed by atoms with Gasteiger partial charge in [0.25, 0.3) is 0 Å². The fourth-order valence-corrected chi connectivity index (χ4v) is 4.21. The van der Waals surface area contributed by atoms with Gasteiger partial charge in [0, 0.05) is 4.91 Å². The summed E-state index contributed by atoms with van der Waals surface area (Å²) in [6, 6.07) is 6.08. The number of esters is 1. The van der Waals surface area contributed by atoms with Crippen LogP contribution in [0.2, 0.25) is 0 Å². The molecule has 0 N–H and O–H groups in total. The monoisotopic (exact) mass is 429 g/mol. The van der Waals surface area contributed by atoms with Gasteiger partial charge < -0.3 is 9.47 Å². The van der Waals surface area contributed by atoms with Crippen molar-refractivity contribution in [3.63, 3.8) is 0 Å². The fraction of sp³-hybridized carbons (Fsp3) is 0.720. The van der Waals surface area contributed by atoms with Crippen molar-refractivity contribution < 1.29 is 14.3 Å². The SMILES string of the molecule is CCCCOc1cc(C[C@@H](C[C@H](N=[N+]=[N-])[C@@H]2C[C@@H](C(C)C)C(=O)O2)C(C)C)ccc1C. The van der Waals surface area contributed by atoms with E-state index in [2.05, 4.69) is 55.9 Å². The van der Waals surface area contributed by atoms with Crippen molar-refractivity contribution in [3.05, 3.63) is 39.8 Å². The fourth-order valence-electron chi connectivity index (χ4n) is 4.21. The second-order valence-electron chi connectivity index (χ2n) is 9.58. The van der Waals surface area contributed by atoms with Gasteiger partial charge in [-0.05, 0) is 73.1 Å². The molecule has 0 radical (unpaired) electrons. The summed E-state index contributed by atoms with van der Waals surface area (Å²) in [5, 5.41) is 4.06. The van der Waals surface area contributed by atoms with E-state index in [4.69, 9.17) is 15.0 Å². The summed E-state index contributed by atoms with van der Waals surface area (Å²) in [4.78, 5) is 15.3. The van der Waals surface area contributed by atoms with Crippen molar-refractivity contribution in [2.75, 3.05) is 6.61 Å². The molecule has 4 atom stereocenters. The average Bonchev–Trinajstić information content (AvgIpc) is 3.11. The van der Waals surface area contributed by atoms with E-state index in [1.165, 1.54) is 5.56 Å². The van der Waals surface area contributed by atoms with Gasteiger partial charge >= 0.3 is 5.97 Å². The minimum absolute atomic E-state index is 0.112. The van der Waals surface area contributed by atoms with Crippen LogP contribution in [-0.4, -0.2) is 24.7 Å². The van der Waals surface area contributed by atoms with Crippen molar-refractivity contribution in [2.24, 2.45) is 28.8 Å². The maximum absolute atomic E-state index is 12.3. The molecule has 1 aromatic carbocycles. The topological polar surface area (TPSA) is 84.3 Å². The lowest BCUT2D eigenvalue weighted by atomic mass is 9.81. The molecular formula is C25H39N3O3. The Labute approximate surface area is 187 Å². The lowest BCUT2D eigenvalue weighted by molar-refractivity contribution is -0.145. The molecule has 1 fully saturated rings. The standard InChI is InChI=1S/C25H39N3O3/c1-7-8-11-30-23-13-19(10-9-18(23)6)12-20(16(2)3)14-22(27-28-26)24-15-21(17(4)5)25(29)31-24/h9-10,13,16-17,20-22,24H,7-8,11-12,14-15H2,1-6H3/t20-,21-,22-,24-/m0/s1. The normalized spacial score (nSPS) is 20.5. The molecule has 0 aliphatic carbocycles. The van der Waals surface area contributed by atoms with E-state index in [9.17, 15) is 4.79 Å². The molecule has 1 aliphatic rings. The average molecular weight is 430 g/mol. The van der Waals surface area contributed by atoms with Crippen LogP contribution in [0.25, 0.3) is 10.4 Å². The Bertz CT molecular complexity index is 771. The highest BCUT2D eigenvalue weighted by molar-refractivity contribution is 5.75. The number of benzene rings is 1. The van der Waals surface area contributed by atoms with Crippen LogP contribution in [0.1, 0.15) is 71.4 Å². The maximum atomic E-state index is 12.3. The van der Waals surface area contributed by atoms with Gasteiger partial charge in [-0.3, -0.25) is 4.79 Å². The van der Waals surface area contributed by atoms with E-state index in [-0.39, 0.29) is 30.0 Å². The number of hydrogen-bond acceptors (Lipinski definition) is 4. The van der Waals surface area contributed by atoms with E-state index in [1.807, 2.05) is 13.8 Å². The molecule has 31 heavy (non-hydrogen) atoms. The van der Waals surface area contributed by atoms with Gasteiger partial charge in [-0.2, -0.15) is 0 Å². The first-order valence-corrected chi connectivity index (χ1v) is 11.7. The minimum Gasteiger partial charge on any atom is -0.493 e. The highest BCUT2D eigenvalue weighted by atomic mass is 16.6. The van der Waals surface area contributed by atoms with Crippen LogP contribution in [0.4, 0.5) is 0 Å². The van der Waals surface area contributed by atoms with Crippen LogP contribution in [0.3, 0.4) is 0 Å². The molecule has 0 aromatic heterocycles. The molecule has 1 aliphatic heterocycles. The van der Waals surface area contributed by atoms with Crippen LogP contribution in [0, 0.1) is 30.6 Å². The summed E-state index contributed by atoms with van der Waals surface area (Å²) in [6.07, 6.45) is 4.02. The zero-order valence-corrected chi connectivity index (χ0v) is 20.0. The van der Waals surface area contributed by atoms with Gasteiger partial charge in [0.05, 0.1) is 18.6 Å². The molecular weight excluding hydrogens is 390 g/mol. The summed E-state index contributed by atoms with van der Waals surface area (Å²) in [5.74, 6) is 1.61. The number of hydrogen-bond donors (Lipinski definition) is 0. The second-order valence-corrected chi connectivity index (χ2v) is 9.58. The summed E-state index contributed by atoms with van der Waals surface area (Å²) < 4.78 is 11.6. The Balaban J connectivity index is 2.13. The molecule has 1 heterocycles. The zero-order valence-electron chi connectivity index (χ0n) is 20.0. The molecule has 0 amide bonds. The minimum atomic E-state index is -0.337. The van der Waals surface area contributed by atoms with E-state index < -0.39 is 0 Å². The van der Waals surface area contributed by atoms with Crippen LogP contribution in [0.15, 0.2) is 23.3 Å². The van der Waals surface area contributed by atoms with Crippen molar-refractivity contribution in [1.29, 1.82) is 0 Å². The van der Waals surface area contributed by atoms with Gasteiger partial charge in [-0.15, -0.1) is 0 Å². The first-order chi connectivity index (χ1) is 14.8. The van der Waals surface area contributed by atoms with Crippen molar-refractivity contribution in [3.8, 4) is 5.75 Å². The van der Waals surface area contributed by atoms with E-state index in [0.29, 0.717) is 24.7 Å². The maximum Gasteiger partial charge on any atom is 0.309 e. The van der Waals surface area contributed by atoms with Crippen molar-refractivity contribution in [1.82, 2.24) is 0 Å². The van der Waals surface area contributed by atoms with Gasteiger partial charge in [0.1, 0.15) is 11.9 Å². The van der Waals surface area contributed by atoms with Gasteiger partial charge in [0.15, 0.2) is 0 Å². The molecule has 0 spiro atoms. The zero-order chi connectivity index (χ0) is 23.0.